The minimum Gasteiger partial charge on any atom is -0.490 e. The summed E-state index contributed by atoms with van der Waals surface area (Å²) in [7, 11) is 0. The lowest BCUT2D eigenvalue weighted by molar-refractivity contribution is -0.0553. The average molecular weight is 413 g/mol. The highest BCUT2D eigenvalue weighted by molar-refractivity contribution is 6.30. The van der Waals surface area contributed by atoms with E-state index >= 15 is 0 Å². The first-order valence-electron chi connectivity index (χ1n) is 9.50. The van der Waals surface area contributed by atoms with Crippen molar-refractivity contribution in [2.24, 2.45) is 5.92 Å². The fourth-order valence-electron chi connectivity index (χ4n) is 3.52. The molecule has 1 N–H and O–H groups in total. The number of rotatable bonds is 1. The standard InChI is InChI=1S/C13H14F2O3.C7H7Cl.C2H6/c14-9-1-2-10(15)12-11(9)13(7-16)3-4-17-5-8(13)6-18-12;1-6-2-4-7(8)5-3-6;1-2/h1-2,8,16H,3-7H2;2-5H,1H3;1-2H3. The summed E-state index contributed by atoms with van der Waals surface area (Å²) in [5.74, 6) is -1.29. The maximum Gasteiger partial charge on any atom is 0.165 e. The van der Waals surface area contributed by atoms with Crippen LogP contribution in [0, 0.1) is 24.5 Å². The number of benzene rings is 2. The minimum atomic E-state index is -0.780. The fraction of sp³-hybridized carbons (Fsp3) is 0.455. The van der Waals surface area contributed by atoms with Crippen LogP contribution in [-0.2, 0) is 10.2 Å². The van der Waals surface area contributed by atoms with E-state index in [1.807, 2.05) is 45.0 Å². The average Bonchev–Trinajstić information content (AvgIpc) is 2.74. The SMILES string of the molecule is CC.Cc1ccc(Cl)cc1.OCC12CCOCC1COc1c(F)ccc(F)c12. The van der Waals surface area contributed by atoms with E-state index in [1.165, 1.54) is 5.56 Å². The number of halogens is 3. The smallest absolute Gasteiger partial charge is 0.165 e. The summed E-state index contributed by atoms with van der Waals surface area (Å²) < 4.78 is 38.4. The second kappa shape index (κ2) is 10.2. The third-order valence-electron chi connectivity index (χ3n) is 5.07. The molecule has 0 spiro atoms. The predicted octanol–water partition coefficient (Wildman–Crippen LogP) is 5.30. The van der Waals surface area contributed by atoms with Crippen molar-refractivity contribution in [3.05, 3.63) is 64.2 Å². The van der Waals surface area contributed by atoms with Crippen LogP contribution in [0.2, 0.25) is 5.02 Å². The molecule has 2 aliphatic rings. The quantitative estimate of drug-likeness (QED) is 0.690. The van der Waals surface area contributed by atoms with Gasteiger partial charge in [0.2, 0.25) is 0 Å². The van der Waals surface area contributed by atoms with Crippen LogP contribution in [0.5, 0.6) is 5.75 Å². The minimum absolute atomic E-state index is 0.0535. The molecule has 2 unspecified atom stereocenters. The van der Waals surface area contributed by atoms with E-state index in [9.17, 15) is 13.9 Å². The van der Waals surface area contributed by atoms with Crippen LogP contribution in [0.1, 0.15) is 31.4 Å². The van der Waals surface area contributed by atoms with E-state index < -0.39 is 17.0 Å². The number of fused-ring (bicyclic) bond motifs is 3. The van der Waals surface area contributed by atoms with Crippen molar-refractivity contribution in [2.75, 3.05) is 26.4 Å². The Hall–Kier alpha value is -1.69. The molecule has 4 rings (SSSR count). The molecule has 6 heteroatoms. The van der Waals surface area contributed by atoms with Gasteiger partial charge in [-0.15, -0.1) is 0 Å². The van der Waals surface area contributed by atoms with Gasteiger partial charge in [0, 0.05) is 28.5 Å². The largest absolute Gasteiger partial charge is 0.490 e. The van der Waals surface area contributed by atoms with Crippen LogP contribution in [0.3, 0.4) is 0 Å². The molecule has 0 bridgehead atoms. The summed E-state index contributed by atoms with van der Waals surface area (Å²) in [4.78, 5) is 0. The molecule has 3 nitrogen and oxygen atoms in total. The third kappa shape index (κ3) is 4.65. The Labute approximate surface area is 170 Å². The molecule has 0 saturated carbocycles. The van der Waals surface area contributed by atoms with Gasteiger partial charge in [0.15, 0.2) is 11.6 Å². The van der Waals surface area contributed by atoms with E-state index in [0.29, 0.717) is 19.6 Å². The molecule has 2 aromatic rings. The molecular weight excluding hydrogens is 386 g/mol. The maximum atomic E-state index is 14.1. The molecule has 2 atom stereocenters. The highest BCUT2D eigenvalue weighted by Gasteiger charge is 2.49. The first-order chi connectivity index (χ1) is 13.5. The van der Waals surface area contributed by atoms with Gasteiger partial charge in [-0.2, -0.15) is 0 Å². The van der Waals surface area contributed by atoms with Gasteiger partial charge in [0.05, 0.1) is 19.8 Å². The summed E-state index contributed by atoms with van der Waals surface area (Å²) >= 11 is 5.61. The lowest BCUT2D eigenvalue weighted by Gasteiger charge is -2.46. The van der Waals surface area contributed by atoms with Gasteiger partial charge in [-0.25, -0.2) is 8.78 Å². The van der Waals surface area contributed by atoms with Crippen LogP contribution < -0.4 is 4.74 Å². The van der Waals surface area contributed by atoms with Gasteiger partial charge < -0.3 is 14.6 Å². The predicted molar refractivity (Wildman–Crippen MR) is 107 cm³/mol. The zero-order chi connectivity index (χ0) is 20.7. The van der Waals surface area contributed by atoms with Crippen molar-refractivity contribution in [1.29, 1.82) is 0 Å². The Morgan fingerprint density at radius 1 is 1.07 bits per heavy atom. The molecule has 0 radical (unpaired) electrons. The Balaban J connectivity index is 0.000000236. The molecule has 154 valence electrons. The maximum absolute atomic E-state index is 14.1. The second-order valence-electron chi connectivity index (χ2n) is 6.68. The highest BCUT2D eigenvalue weighted by atomic mass is 35.5. The molecule has 1 fully saturated rings. The van der Waals surface area contributed by atoms with Crippen molar-refractivity contribution >= 4 is 11.6 Å². The fourth-order valence-corrected chi connectivity index (χ4v) is 3.65. The topological polar surface area (TPSA) is 38.7 Å². The molecular formula is C22H27ClF2O3. The van der Waals surface area contributed by atoms with Crippen LogP contribution in [0.4, 0.5) is 8.78 Å². The van der Waals surface area contributed by atoms with Crippen molar-refractivity contribution in [2.45, 2.75) is 32.6 Å². The Morgan fingerprint density at radius 2 is 1.71 bits per heavy atom. The Bertz CT molecular complexity index is 746. The van der Waals surface area contributed by atoms with Gasteiger partial charge in [0.25, 0.3) is 0 Å². The van der Waals surface area contributed by atoms with Crippen molar-refractivity contribution < 1.29 is 23.4 Å². The Morgan fingerprint density at radius 3 is 2.32 bits per heavy atom. The van der Waals surface area contributed by atoms with Gasteiger partial charge in [0.1, 0.15) is 5.82 Å². The van der Waals surface area contributed by atoms with E-state index in [0.717, 1.165) is 17.2 Å². The lowest BCUT2D eigenvalue weighted by Crippen LogP contribution is -2.51. The van der Waals surface area contributed by atoms with Crippen LogP contribution in [0.15, 0.2) is 36.4 Å². The van der Waals surface area contributed by atoms with Crippen molar-refractivity contribution in [3.63, 3.8) is 0 Å². The van der Waals surface area contributed by atoms with Crippen LogP contribution in [0.25, 0.3) is 0 Å². The molecule has 0 aromatic heterocycles. The molecule has 28 heavy (non-hydrogen) atoms. The monoisotopic (exact) mass is 412 g/mol. The van der Waals surface area contributed by atoms with Gasteiger partial charge >= 0.3 is 0 Å². The van der Waals surface area contributed by atoms with Gasteiger partial charge in [-0.1, -0.05) is 43.1 Å². The summed E-state index contributed by atoms with van der Waals surface area (Å²) in [6.07, 6.45) is 0.477. The molecule has 1 saturated heterocycles. The number of aryl methyl sites for hydroxylation is 1. The van der Waals surface area contributed by atoms with E-state index in [1.54, 1.807) is 0 Å². The summed E-state index contributed by atoms with van der Waals surface area (Å²) in [6, 6.07) is 9.89. The zero-order valence-corrected chi connectivity index (χ0v) is 17.2. The summed E-state index contributed by atoms with van der Waals surface area (Å²) in [5.41, 5.74) is 0.636. The van der Waals surface area contributed by atoms with E-state index in [2.05, 4.69) is 0 Å². The number of aliphatic hydroxyl groups is 1. The van der Waals surface area contributed by atoms with Crippen molar-refractivity contribution in [1.82, 2.24) is 0 Å². The van der Waals surface area contributed by atoms with Crippen LogP contribution >= 0.6 is 11.6 Å². The molecule has 2 aromatic carbocycles. The summed E-state index contributed by atoms with van der Waals surface area (Å²) in [6.45, 7) is 6.89. The van der Waals surface area contributed by atoms with Crippen LogP contribution in [-0.4, -0.2) is 31.5 Å². The van der Waals surface area contributed by atoms with Gasteiger partial charge in [-0.3, -0.25) is 0 Å². The van der Waals surface area contributed by atoms with E-state index in [-0.39, 0.29) is 30.4 Å². The molecule has 0 amide bonds. The van der Waals surface area contributed by atoms with E-state index in [4.69, 9.17) is 21.1 Å². The first kappa shape index (κ1) is 22.6. The normalized spacial score (nSPS) is 22.3. The molecule has 2 heterocycles. The number of ether oxygens (including phenoxy) is 2. The first-order valence-corrected chi connectivity index (χ1v) is 9.88. The summed E-state index contributed by atoms with van der Waals surface area (Å²) in [5, 5.41) is 10.5. The molecule has 0 aliphatic carbocycles. The zero-order valence-electron chi connectivity index (χ0n) is 16.5. The van der Waals surface area contributed by atoms with Gasteiger partial charge in [-0.05, 0) is 37.6 Å². The Kier molecular flexibility index (Phi) is 8.23. The number of hydrogen-bond donors (Lipinski definition) is 1. The second-order valence-corrected chi connectivity index (χ2v) is 7.11. The lowest BCUT2D eigenvalue weighted by atomic mass is 9.66. The number of hydrogen-bond acceptors (Lipinski definition) is 3. The molecule has 2 aliphatic heterocycles. The highest BCUT2D eigenvalue weighted by Crippen LogP contribution is 2.48. The third-order valence-corrected chi connectivity index (χ3v) is 5.32. The van der Waals surface area contributed by atoms with Crippen molar-refractivity contribution in [3.8, 4) is 5.75 Å². The number of aliphatic hydroxyl groups excluding tert-OH is 1.